The summed E-state index contributed by atoms with van der Waals surface area (Å²) in [5, 5.41) is 8.54. The summed E-state index contributed by atoms with van der Waals surface area (Å²) in [6, 6.07) is 0. The van der Waals surface area contributed by atoms with Crippen LogP contribution in [0.15, 0.2) is 24.8 Å². The molecule has 0 aromatic heterocycles. The first-order valence-electron chi connectivity index (χ1n) is 3.32. The van der Waals surface area contributed by atoms with Gasteiger partial charge in [-0.25, -0.2) is 9.69 Å². The molecular weight excluding hydrogens is 158 g/mol. The van der Waals surface area contributed by atoms with E-state index in [9.17, 15) is 9.59 Å². The van der Waals surface area contributed by atoms with Gasteiger partial charge < -0.3 is 5.11 Å². The Morgan fingerprint density at radius 1 is 1.58 bits per heavy atom. The monoisotopic (exact) mass is 169 g/mol. The predicted molar refractivity (Wildman–Crippen MR) is 44.7 cm³/mol. The summed E-state index contributed by atoms with van der Waals surface area (Å²) in [7, 11) is 0. The Bertz CT molecular complexity index is 232. The molecule has 0 fully saturated rings. The van der Waals surface area contributed by atoms with Crippen LogP contribution in [0.1, 0.15) is 6.92 Å². The van der Waals surface area contributed by atoms with Crippen molar-refractivity contribution < 1.29 is 14.7 Å². The largest absolute Gasteiger partial charge is 0.465 e. The molecule has 12 heavy (non-hydrogen) atoms. The zero-order valence-corrected chi connectivity index (χ0v) is 6.91. The number of rotatable bonds is 3. The van der Waals surface area contributed by atoms with E-state index in [-0.39, 0.29) is 12.1 Å². The van der Waals surface area contributed by atoms with Crippen molar-refractivity contribution in [3.8, 4) is 0 Å². The summed E-state index contributed by atoms with van der Waals surface area (Å²) in [5.74, 6) is -0.595. The van der Waals surface area contributed by atoms with Gasteiger partial charge in [-0.2, -0.15) is 0 Å². The highest BCUT2D eigenvalue weighted by atomic mass is 16.4. The van der Waals surface area contributed by atoms with Gasteiger partial charge in [-0.15, -0.1) is 6.58 Å². The molecule has 0 heterocycles. The van der Waals surface area contributed by atoms with E-state index in [1.807, 2.05) is 0 Å². The summed E-state index contributed by atoms with van der Waals surface area (Å²) >= 11 is 0. The third-order valence-electron chi connectivity index (χ3n) is 1.15. The minimum absolute atomic E-state index is 0.0129. The highest BCUT2D eigenvalue weighted by Crippen LogP contribution is 1.99. The van der Waals surface area contributed by atoms with Gasteiger partial charge in [0.2, 0.25) is 0 Å². The van der Waals surface area contributed by atoms with Crippen LogP contribution in [0.4, 0.5) is 4.79 Å². The molecule has 0 aromatic rings. The lowest BCUT2D eigenvalue weighted by molar-refractivity contribution is -0.124. The Balaban J connectivity index is 4.50. The van der Waals surface area contributed by atoms with Crippen LogP contribution in [0, 0.1) is 0 Å². The molecule has 0 rings (SSSR count). The Morgan fingerprint density at radius 2 is 2.08 bits per heavy atom. The Kier molecular flexibility index (Phi) is 3.76. The fraction of sp³-hybridized carbons (Fsp3) is 0.250. The van der Waals surface area contributed by atoms with Crippen LogP contribution >= 0.6 is 0 Å². The fourth-order valence-corrected chi connectivity index (χ4v) is 0.607. The van der Waals surface area contributed by atoms with Crippen LogP contribution in [0.2, 0.25) is 0 Å². The lowest BCUT2D eigenvalue weighted by atomic mass is 10.3. The average Bonchev–Trinajstić information content (AvgIpc) is 1.98. The van der Waals surface area contributed by atoms with Gasteiger partial charge in [0.05, 0.1) is 6.54 Å². The van der Waals surface area contributed by atoms with Gasteiger partial charge in [-0.3, -0.25) is 4.79 Å². The minimum Gasteiger partial charge on any atom is -0.465 e. The SMILES string of the molecule is C=CCN(C(=O)O)C(=O)C(=C)C. The molecule has 1 N–H and O–H groups in total. The Hall–Kier alpha value is -1.58. The number of carbonyl (C=O) groups is 2. The predicted octanol–water partition coefficient (Wildman–Crippen LogP) is 1.26. The van der Waals surface area contributed by atoms with Crippen LogP contribution in [0.25, 0.3) is 0 Å². The molecule has 0 radical (unpaired) electrons. The number of carboxylic acid groups (broad SMARTS) is 1. The summed E-state index contributed by atoms with van der Waals surface area (Å²) in [4.78, 5) is 22.2. The third-order valence-corrected chi connectivity index (χ3v) is 1.15. The second kappa shape index (κ2) is 4.33. The van der Waals surface area contributed by atoms with Gasteiger partial charge in [0, 0.05) is 5.57 Å². The van der Waals surface area contributed by atoms with Gasteiger partial charge in [-0.1, -0.05) is 12.7 Å². The van der Waals surface area contributed by atoms with Crippen molar-refractivity contribution in [3.63, 3.8) is 0 Å². The first-order chi connectivity index (χ1) is 5.50. The van der Waals surface area contributed by atoms with E-state index < -0.39 is 12.0 Å². The van der Waals surface area contributed by atoms with Crippen LogP contribution in [-0.4, -0.2) is 28.6 Å². The standard InChI is InChI=1S/C8H11NO3/c1-4-5-9(8(11)12)7(10)6(2)3/h4H,1-2,5H2,3H3,(H,11,12). The van der Waals surface area contributed by atoms with E-state index in [1.165, 1.54) is 13.0 Å². The first kappa shape index (κ1) is 10.4. The maximum Gasteiger partial charge on any atom is 0.414 e. The second-order valence-electron chi connectivity index (χ2n) is 2.27. The zero-order valence-electron chi connectivity index (χ0n) is 6.91. The van der Waals surface area contributed by atoms with Crippen molar-refractivity contribution in [2.75, 3.05) is 6.54 Å². The lowest BCUT2D eigenvalue weighted by Crippen LogP contribution is -2.36. The molecule has 0 aliphatic heterocycles. The van der Waals surface area contributed by atoms with Gasteiger partial charge in [0.15, 0.2) is 0 Å². The van der Waals surface area contributed by atoms with E-state index in [0.717, 1.165) is 0 Å². The van der Waals surface area contributed by atoms with Crippen molar-refractivity contribution in [1.82, 2.24) is 4.90 Å². The number of nitrogens with zero attached hydrogens (tertiary/aromatic N) is 1. The Labute approximate surface area is 70.8 Å². The van der Waals surface area contributed by atoms with Crippen LogP contribution in [0.3, 0.4) is 0 Å². The van der Waals surface area contributed by atoms with E-state index in [1.54, 1.807) is 0 Å². The second-order valence-corrected chi connectivity index (χ2v) is 2.27. The molecule has 0 spiro atoms. The molecule has 66 valence electrons. The summed E-state index contributed by atoms with van der Waals surface area (Å²) in [6.45, 7) is 8.14. The molecule has 0 aliphatic carbocycles. The van der Waals surface area contributed by atoms with Crippen molar-refractivity contribution >= 4 is 12.0 Å². The molecular formula is C8H11NO3. The molecule has 0 saturated carbocycles. The van der Waals surface area contributed by atoms with Gasteiger partial charge >= 0.3 is 6.09 Å². The number of hydrogen-bond donors (Lipinski definition) is 1. The minimum atomic E-state index is -1.29. The quantitative estimate of drug-likeness (QED) is 0.511. The lowest BCUT2D eigenvalue weighted by Gasteiger charge is -2.14. The molecule has 4 heteroatoms. The molecule has 0 aliphatic rings. The topological polar surface area (TPSA) is 57.6 Å². The molecule has 0 unspecified atom stereocenters. The van der Waals surface area contributed by atoms with Gasteiger partial charge in [0.25, 0.3) is 5.91 Å². The molecule has 2 amide bonds. The van der Waals surface area contributed by atoms with E-state index in [2.05, 4.69) is 13.2 Å². The highest BCUT2D eigenvalue weighted by molar-refractivity contribution is 6.01. The van der Waals surface area contributed by atoms with Crippen LogP contribution in [-0.2, 0) is 4.79 Å². The summed E-state index contributed by atoms with van der Waals surface area (Å²) in [5.41, 5.74) is 0.194. The number of carbonyl (C=O) groups excluding carboxylic acids is 1. The van der Waals surface area contributed by atoms with Gasteiger partial charge in [-0.05, 0) is 6.92 Å². The van der Waals surface area contributed by atoms with E-state index in [0.29, 0.717) is 4.90 Å². The fourth-order valence-electron chi connectivity index (χ4n) is 0.607. The molecule has 0 saturated heterocycles. The van der Waals surface area contributed by atoms with E-state index >= 15 is 0 Å². The highest BCUT2D eigenvalue weighted by Gasteiger charge is 2.18. The maximum atomic E-state index is 11.1. The van der Waals surface area contributed by atoms with E-state index in [4.69, 9.17) is 5.11 Å². The number of hydrogen-bond acceptors (Lipinski definition) is 2. The van der Waals surface area contributed by atoms with Gasteiger partial charge in [0.1, 0.15) is 0 Å². The third kappa shape index (κ3) is 2.57. The normalized spacial score (nSPS) is 8.75. The summed E-state index contributed by atoms with van der Waals surface area (Å²) in [6.07, 6.45) is 0.0532. The smallest absolute Gasteiger partial charge is 0.414 e. The zero-order chi connectivity index (χ0) is 9.72. The van der Waals surface area contributed by atoms with Crippen molar-refractivity contribution in [2.24, 2.45) is 0 Å². The van der Waals surface area contributed by atoms with Crippen molar-refractivity contribution in [1.29, 1.82) is 0 Å². The van der Waals surface area contributed by atoms with Crippen molar-refractivity contribution in [2.45, 2.75) is 6.92 Å². The average molecular weight is 169 g/mol. The number of imide groups is 1. The molecule has 0 atom stereocenters. The molecule has 4 nitrogen and oxygen atoms in total. The number of amides is 2. The molecule has 0 bridgehead atoms. The van der Waals surface area contributed by atoms with Crippen LogP contribution in [0.5, 0.6) is 0 Å². The first-order valence-corrected chi connectivity index (χ1v) is 3.32. The summed E-state index contributed by atoms with van der Waals surface area (Å²) < 4.78 is 0. The Morgan fingerprint density at radius 3 is 2.33 bits per heavy atom. The maximum absolute atomic E-state index is 11.1. The van der Waals surface area contributed by atoms with Crippen LogP contribution < -0.4 is 0 Å². The van der Waals surface area contributed by atoms with Crippen molar-refractivity contribution in [3.05, 3.63) is 24.8 Å². The molecule has 0 aromatic carbocycles.